The normalized spacial score (nSPS) is 10.7. The number of nitrogens with one attached hydrogen (secondary N) is 2. The molecule has 1 amide bonds. The summed E-state index contributed by atoms with van der Waals surface area (Å²) in [6.45, 7) is 0. The maximum absolute atomic E-state index is 12.3. The van der Waals surface area contributed by atoms with Crippen molar-refractivity contribution in [2.45, 2.75) is 6.42 Å². The number of amides is 1. The lowest BCUT2D eigenvalue weighted by Gasteiger charge is -2.10. The molecule has 0 aliphatic carbocycles. The minimum absolute atomic E-state index is 0.226. The quantitative estimate of drug-likeness (QED) is 0.338. The largest absolute Gasteiger partial charge is 0.440 e. The van der Waals surface area contributed by atoms with Crippen molar-refractivity contribution in [2.75, 3.05) is 5.32 Å². The third-order valence-electron chi connectivity index (χ3n) is 4.27. The van der Waals surface area contributed by atoms with Crippen LogP contribution in [0.1, 0.15) is 21.8 Å². The Bertz CT molecular complexity index is 1240. The fraction of sp³-hybridized carbons (Fsp3) is 0.0455. The first-order valence-corrected chi connectivity index (χ1v) is 10.6. The first-order chi connectivity index (χ1) is 14.5. The molecule has 0 saturated heterocycles. The van der Waals surface area contributed by atoms with E-state index in [1.165, 1.54) is 0 Å². The average molecular weight is 501 g/mol. The van der Waals surface area contributed by atoms with Crippen molar-refractivity contribution in [3.63, 3.8) is 0 Å². The molecule has 30 heavy (non-hydrogen) atoms. The molecule has 0 aliphatic heterocycles. The number of aromatic nitrogens is 1. The smallest absolute Gasteiger partial charge is 0.257 e. The number of oxazole rings is 1. The van der Waals surface area contributed by atoms with Gasteiger partial charge in [0.2, 0.25) is 0 Å². The van der Waals surface area contributed by atoms with Gasteiger partial charge in [-0.15, -0.1) is 0 Å². The van der Waals surface area contributed by atoms with Gasteiger partial charge >= 0.3 is 0 Å². The van der Waals surface area contributed by atoms with Crippen LogP contribution in [-0.2, 0) is 6.42 Å². The van der Waals surface area contributed by atoms with Crippen LogP contribution in [0.5, 0.6) is 0 Å². The predicted molar refractivity (Wildman–Crippen MR) is 126 cm³/mol. The summed E-state index contributed by atoms with van der Waals surface area (Å²) in [4.78, 5) is 16.7. The zero-order valence-electron chi connectivity index (χ0n) is 15.5. The minimum atomic E-state index is -0.276. The van der Waals surface area contributed by atoms with E-state index >= 15 is 0 Å². The number of anilines is 1. The Morgan fingerprint density at radius 2 is 1.90 bits per heavy atom. The Hall–Kier alpha value is -2.74. The summed E-state index contributed by atoms with van der Waals surface area (Å²) in [5.41, 5.74) is 3.76. The second-order valence-corrected chi connectivity index (χ2v) is 8.27. The SMILES string of the molecule is O=C(NC(=S)Nc1ccc(Cc2nc3cc(Cl)ccc3o2)cc1)c1cccc(Br)c1. The molecule has 0 bridgehead atoms. The molecule has 5 nitrogen and oxygen atoms in total. The molecule has 1 aromatic heterocycles. The maximum atomic E-state index is 12.3. The number of carbonyl (C=O) groups excluding carboxylic acids is 1. The Morgan fingerprint density at radius 1 is 1.10 bits per heavy atom. The lowest BCUT2D eigenvalue weighted by atomic mass is 10.1. The Morgan fingerprint density at radius 3 is 2.67 bits per heavy atom. The van der Waals surface area contributed by atoms with Gasteiger partial charge in [-0.05, 0) is 66.3 Å². The molecule has 0 spiro atoms. The van der Waals surface area contributed by atoms with E-state index < -0.39 is 0 Å². The van der Waals surface area contributed by atoms with Gasteiger partial charge in [0.25, 0.3) is 5.91 Å². The topological polar surface area (TPSA) is 67.2 Å². The molecule has 0 aliphatic rings. The van der Waals surface area contributed by atoms with Gasteiger partial charge < -0.3 is 9.73 Å². The molecule has 3 aromatic carbocycles. The van der Waals surface area contributed by atoms with E-state index in [1.54, 1.807) is 30.3 Å². The van der Waals surface area contributed by atoms with Crippen LogP contribution >= 0.6 is 39.7 Å². The average Bonchev–Trinajstić information content (AvgIpc) is 3.10. The number of benzene rings is 3. The second-order valence-electron chi connectivity index (χ2n) is 6.51. The third-order valence-corrected chi connectivity index (χ3v) is 5.21. The number of fused-ring (bicyclic) bond motifs is 1. The summed E-state index contributed by atoms with van der Waals surface area (Å²) in [5, 5.41) is 6.53. The van der Waals surface area contributed by atoms with E-state index in [4.69, 9.17) is 28.2 Å². The number of hydrogen-bond donors (Lipinski definition) is 2. The van der Waals surface area contributed by atoms with Crippen LogP contribution in [-0.4, -0.2) is 16.0 Å². The van der Waals surface area contributed by atoms with Crippen molar-refractivity contribution >= 4 is 67.6 Å². The molecule has 4 aromatic rings. The molecule has 0 unspecified atom stereocenters. The highest BCUT2D eigenvalue weighted by Gasteiger charge is 2.10. The van der Waals surface area contributed by atoms with Gasteiger partial charge in [-0.25, -0.2) is 4.98 Å². The molecule has 4 rings (SSSR count). The maximum Gasteiger partial charge on any atom is 0.257 e. The molecule has 0 radical (unpaired) electrons. The van der Waals surface area contributed by atoms with Crippen LogP contribution in [0.25, 0.3) is 11.1 Å². The van der Waals surface area contributed by atoms with Crippen molar-refractivity contribution in [1.29, 1.82) is 0 Å². The monoisotopic (exact) mass is 499 g/mol. The van der Waals surface area contributed by atoms with Gasteiger partial charge in [-0.1, -0.05) is 45.7 Å². The standard InChI is InChI=1S/C22H15BrClN3O2S/c23-15-3-1-2-14(11-15)21(28)27-22(30)25-17-7-4-13(5-8-17)10-20-26-18-12-16(24)6-9-19(18)29-20/h1-9,11-12H,10H2,(H2,25,27,28,30). The van der Waals surface area contributed by atoms with E-state index in [0.29, 0.717) is 28.5 Å². The summed E-state index contributed by atoms with van der Waals surface area (Å²) < 4.78 is 6.58. The number of nitrogens with zero attached hydrogens (tertiary/aromatic N) is 1. The number of hydrogen-bond acceptors (Lipinski definition) is 4. The molecule has 0 fully saturated rings. The lowest BCUT2D eigenvalue weighted by Crippen LogP contribution is -2.34. The summed E-state index contributed by atoms with van der Waals surface area (Å²) in [6.07, 6.45) is 0.552. The zero-order valence-corrected chi connectivity index (χ0v) is 18.6. The molecule has 150 valence electrons. The molecule has 0 atom stereocenters. The molecule has 0 saturated carbocycles. The number of thiocarbonyl (C=S) groups is 1. The molecule has 8 heteroatoms. The fourth-order valence-electron chi connectivity index (χ4n) is 2.87. The van der Waals surface area contributed by atoms with Crippen LogP contribution in [0.15, 0.2) is 75.6 Å². The van der Waals surface area contributed by atoms with Gasteiger partial charge in [0.05, 0.1) is 0 Å². The minimum Gasteiger partial charge on any atom is -0.440 e. The molecular formula is C22H15BrClN3O2S. The second kappa shape index (κ2) is 8.95. The van der Waals surface area contributed by atoms with Gasteiger partial charge in [0.1, 0.15) is 5.52 Å². The van der Waals surface area contributed by atoms with E-state index in [0.717, 1.165) is 21.2 Å². The number of carbonyl (C=O) groups is 1. The first kappa shape index (κ1) is 20.5. The van der Waals surface area contributed by atoms with Crippen molar-refractivity contribution in [1.82, 2.24) is 10.3 Å². The highest BCUT2D eigenvalue weighted by molar-refractivity contribution is 9.10. The number of rotatable bonds is 4. The van der Waals surface area contributed by atoms with Crippen LogP contribution < -0.4 is 10.6 Å². The van der Waals surface area contributed by atoms with Crippen molar-refractivity contribution in [3.8, 4) is 0 Å². The molecule has 1 heterocycles. The van der Waals surface area contributed by atoms with E-state index in [9.17, 15) is 4.79 Å². The van der Waals surface area contributed by atoms with E-state index in [2.05, 4.69) is 31.5 Å². The molecule has 2 N–H and O–H groups in total. The first-order valence-electron chi connectivity index (χ1n) is 8.98. The Balaban J connectivity index is 1.36. The van der Waals surface area contributed by atoms with Crippen molar-refractivity contribution < 1.29 is 9.21 Å². The van der Waals surface area contributed by atoms with Gasteiger partial charge in [-0.3, -0.25) is 10.1 Å². The summed E-state index contributed by atoms with van der Waals surface area (Å²) in [5.74, 6) is 0.339. The lowest BCUT2D eigenvalue weighted by molar-refractivity contribution is 0.0977. The highest BCUT2D eigenvalue weighted by atomic mass is 79.9. The van der Waals surface area contributed by atoms with E-state index in [1.807, 2.05) is 36.4 Å². The zero-order chi connectivity index (χ0) is 21.1. The van der Waals surface area contributed by atoms with Crippen LogP contribution in [0.3, 0.4) is 0 Å². The Kier molecular flexibility index (Phi) is 6.13. The summed E-state index contributed by atoms with van der Waals surface area (Å²) >= 11 is 14.6. The van der Waals surface area contributed by atoms with Gasteiger partial charge in [-0.2, -0.15) is 0 Å². The summed E-state index contributed by atoms with van der Waals surface area (Å²) in [7, 11) is 0. The Labute approximate surface area is 191 Å². The van der Waals surface area contributed by atoms with Crippen molar-refractivity contribution in [2.24, 2.45) is 0 Å². The highest BCUT2D eigenvalue weighted by Crippen LogP contribution is 2.22. The predicted octanol–water partition coefficient (Wildman–Crippen LogP) is 5.96. The third kappa shape index (κ3) is 5.05. The molecular weight excluding hydrogens is 486 g/mol. The van der Waals surface area contributed by atoms with Gasteiger partial charge in [0, 0.05) is 27.2 Å². The van der Waals surface area contributed by atoms with Gasteiger partial charge in [0.15, 0.2) is 16.6 Å². The van der Waals surface area contributed by atoms with E-state index in [-0.39, 0.29) is 11.0 Å². The van der Waals surface area contributed by atoms with Crippen LogP contribution in [0, 0.1) is 0 Å². The van der Waals surface area contributed by atoms with Crippen LogP contribution in [0.4, 0.5) is 5.69 Å². The van der Waals surface area contributed by atoms with Crippen molar-refractivity contribution in [3.05, 3.63) is 93.2 Å². The van der Waals surface area contributed by atoms with Crippen LogP contribution in [0.2, 0.25) is 5.02 Å². The summed E-state index contributed by atoms with van der Waals surface area (Å²) in [6, 6.07) is 20.1. The fourth-order valence-corrected chi connectivity index (χ4v) is 3.65. The number of halogens is 2.